The molecule has 3 rings (SSSR count). The summed E-state index contributed by atoms with van der Waals surface area (Å²) in [7, 11) is 0. The summed E-state index contributed by atoms with van der Waals surface area (Å²) in [6.45, 7) is 3.34. The minimum absolute atomic E-state index is 0.0597. The quantitative estimate of drug-likeness (QED) is 0.724. The summed E-state index contributed by atoms with van der Waals surface area (Å²) in [5, 5.41) is 2.95. The largest absolute Gasteiger partial charge is 0.356 e. The van der Waals surface area contributed by atoms with Crippen molar-refractivity contribution in [3.63, 3.8) is 0 Å². The van der Waals surface area contributed by atoms with Crippen LogP contribution in [0.5, 0.6) is 0 Å². The van der Waals surface area contributed by atoms with Crippen LogP contribution in [0, 0.1) is 0 Å². The second-order valence-electron chi connectivity index (χ2n) is 5.44. The number of aromatic nitrogens is 4. The summed E-state index contributed by atoms with van der Waals surface area (Å²) in [4.78, 5) is 20.7. The molecule has 1 N–H and O–H groups in total. The molecule has 0 fully saturated rings. The summed E-state index contributed by atoms with van der Waals surface area (Å²) in [6, 6.07) is 5.91. The van der Waals surface area contributed by atoms with Crippen LogP contribution in [-0.4, -0.2) is 31.4 Å². The van der Waals surface area contributed by atoms with Gasteiger partial charge in [0.1, 0.15) is 11.5 Å². The first-order valence-electron chi connectivity index (χ1n) is 7.95. The molecule has 0 spiro atoms. The minimum atomic E-state index is 0.0597. The Balaban J connectivity index is 1.44. The average molecular weight is 311 g/mol. The molecule has 6 heteroatoms. The lowest BCUT2D eigenvalue weighted by atomic mass is 10.3. The van der Waals surface area contributed by atoms with Gasteiger partial charge in [0.25, 0.3) is 0 Å². The van der Waals surface area contributed by atoms with E-state index in [0.717, 1.165) is 30.0 Å². The number of pyridine rings is 1. The van der Waals surface area contributed by atoms with Gasteiger partial charge in [0.15, 0.2) is 0 Å². The van der Waals surface area contributed by atoms with Gasteiger partial charge < -0.3 is 14.3 Å². The predicted molar refractivity (Wildman–Crippen MR) is 88.1 cm³/mol. The van der Waals surface area contributed by atoms with Gasteiger partial charge in [-0.25, -0.2) is 9.97 Å². The molecule has 0 saturated heterocycles. The first-order valence-corrected chi connectivity index (χ1v) is 7.95. The van der Waals surface area contributed by atoms with Crippen molar-refractivity contribution >= 4 is 11.6 Å². The van der Waals surface area contributed by atoms with Gasteiger partial charge in [0.05, 0.1) is 5.69 Å². The lowest BCUT2D eigenvalue weighted by Crippen LogP contribution is -2.26. The molecule has 1 amide bonds. The van der Waals surface area contributed by atoms with E-state index in [1.165, 1.54) is 0 Å². The van der Waals surface area contributed by atoms with Gasteiger partial charge in [0, 0.05) is 57.1 Å². The van der Waals surface area contributed by atoms with E-state index in [0.29, 0.717) is 19.5 Å². The number of nitrogens with one attached hydrogen (secondary N) is 1. The number of nitrogens with zero attached hydrogens (tertiary/aromatic N) is 4. The van der Waals surface area contributed by atoms with Gasteiger partial charge in [-0.3, -0.25) is 4.79 Å². The Morgan fingerprint density at radius 1 is 1.30 bits per heavy atom. The highest BCUT2D eigenvalue weighted by Crippen LogP contribution is 2.05. The molecule has 23 heavy (non-hydrogen) atoms. The molecule has 3 heterocycles. The number of carbonyl (C=O) groups is 1. The molecule has 0 saturated carbocycles. The molecule has 120 valence electrons. The van der Waals surface area contributed by atoms with E-state index in [4.69, 9.17) is 0 Å². The van der Waals surface area contributed by atoms with Crippen molar-refractivity contribution in [3.8, 4) is 0 Å². The first-order chi connectivity index (χ1) is 11.3. The van der Waals surface area contributed by atoms with Crippen LogP contribution in [-0.2, 0) is 24.2 Å². The van der Waals surface area contributed by atoms with Crippen molar-refractivity contribution < 1.29 is 4.79 Å². The standard InChI is InChI=1S/C17H21N5O/c1-2-15-18-9-12-21(15)11-7-17(23)19-8-6-14-13-22-10-4-3-5-16(22)20-14/h3-5,9-10,12-13H,2,6-8,11H2,1H3,(H,19,23). The molecule has 0 aromatic carbocycles. The van der Waals surface area contributed by atoms with Crippen LogP contribution >= 0.6 is 0 Å². The van der Waals surface area contributed by atoms with Gasteiger partial charge in [-0.15, -0.1) is 0 Å². The Bertz CT molecular complexity index is 756. The molecule has 3 aromatic heterocycles. The third-order valence-electron chi connectivity index (χ3n) is 3.81. The SMILES string of the molecule is CCc1nccn1CCC(=O)NCCc1cn2ccccc2n1. The number of carbonyl (C=O) groups excluding carboxylic acids is 1. The Morgan fingerprint density at radius 3 is 3.04 bits per heavy atom. The molecular weight excluding hydrogens is 290 g/mol. The average Bonchev–Trinajstić information content (AvgIpc) is 3.18. The Hall–Kier alpha value is -2.63. The Kier molecular flexibility index (Phi) is 4.71. The maximum Gasteiger partial charge on any atom is 0.221 e. The number of rotatable bonds is 7. The second-order valence-corrected chi connectivity index (χ2v) is 5.44. The highest BCUT2D eigenvalue weighted by atomic mass is 16.1. The monoisotopic (exact) mass is 311 g/mol. The Morgan fingerprint density at radius 2 is 2.22 bits per heavy atom. The molecule has 3 aromatic rings. The molecule has 0 radical (unpaired) electrons. The number of fused-ring (bicyclic) bond motifs is 1. The molecule has 0 aliphatic rings. The number of imidazole rings is 2. The molecule has 0 bridgehead atoms. The van der Waals surface area contributed by atoms with Crippen LogP contribution in [0.4, 0.5) is 0 Å². The lowest BCUT2D eigenvalue weighted by Gasteiger charge is -2.07. The summed E-state index contributed by atoms with van der Waals surface area (Å²) in [6.07, 6.45) is 9.75. The van der Waals surface area contributed by atoms with Crippen molar-refractivity contribution in [2.45, 2.75) is 32.7 Å². The van der Waals surface area contributed by atoms with E-state index >= 15 is 0 Å². The van der Waals surface area contributed by atoms with E-state index in [1.54, 1.807) is 6.20 Å². The van der Waals surface area contributed by atoms with Crippen LogP contribution in [0.1, 0.15) is 24.9 Å². The first kappa shape index (κ1) is 15.3. The number of aryl methyl sites for hydroxylation is 2. The van der Waals surface area contributed by atoms with Gasteiger partial charge in [0.2, 0.25) is 5.91 Å². The van der Waals surface area contributed by atoms with Crippen molar-refractivity contribution in [2.75, 3.05) is 6.54 Å². The molecule has 0 unspecified atom stereocenters. The smallest absolute Gasteiger partial charge is 0.221 e. The lowest BCUT2D eigenvalue weighted by molar-refractivity contribution is -0.121. The van der Waals surface area contributed by atoms with E-state index < -0.39 is 0 Å². The van der Waals surface area contributed by atoms with E-state index in [9.17, 15) is 4.79 Å². The van der Waals surface area contributed by atoms with Crippen LogP contribution in [0.25, 0.3) is 5.65 Å². The number of hydrogen-bond acceptors (Lipinski definition) is 3. The van der Waals surface area contributed by atoms with Crippen LogP contribution in [0.2, 0.25) is 0 Å². The highest BCUT2D eigenvalue weighted by Gasteiger charge is 2.06. The molecule has 0 aliphatic heterocycles. The summed E-state index contributed by atoms with van der Waals surface area (Å²) in [5.41, 5.74) is 1.92. The van der Waals surface area contributed by atoms with Gasteiger partial charge in [-0.2, -0.15) is 0 Å². The van der Waals surface area contributed by atoms with E-state index in [1.807, 2.05) is 45.8 Å². The third kappa shape index (κ3) is 3.77. The van der Waals surface area contributed by atoms with Gasteiger partial charge in [-0.05, 0) is 12.1 Å². The van der Waals surface area contributed by atoms with Gasteiger partial charge >= 0.3 is 0 Å². The van der Waals surface area contributed by atoms with E-state index in [-0.39, 0.29) is 5.91 Å². The van der Waals surface area contributed by atoms with Crippen LogP contribution < -0.4 is 5.32 Å². The van der Waals surface area contributed by atoms with Gasteiger partial charge in [-0.1, -0.05) is 13.0 Å². The fourth-order valence-corrected chi connectivity index (χ4v) is 2.61. The zero-order chi connectivity index (χ0) is 16.1. The minimum Gasteiger partial charge on any atom is -0.356 e. The van der Waals surface area contributed by atoms with Crippen LogP contribution in [0.3, 0.4) is 0 Å². The second kappa shape index (κ2) is 7.09. The summed E-state index contributed by atoms with van der Waals surface area (Å²) >= 11 is 0. The third-order valence-corrected chi connectivity index (χ3v) is 3.81. The van der Waals surface area contributed by atoms with Crippen molar-refractivity contribution in [1.29, 1.82) is 0 Å². The maximum absolute atomic E-state index is 11.9. The highest BCUT2D eigenvalue weighted by molar-refractivity contribution is 5.75. The maximum atomic E-state index is 11.9. The fourth-order valence-electron chi connectivity index (χ4n) is 2.61. The summed E-state index contributed by atoms with van der Waals surface area (Å²) < 4.78 is 4.02. The molecule has 0 atom stereocenters. The van der Waals surface area contributed by atoms with Crippen LogP contribution in [0.15, 0.2) is 43.0 Å². The molecule has 6 nitrogen and oxygen atoms in total. The van der Waals surface area contributed by atoms with Crippen molar-refractivity contribution in [2.24, 2.45) is 0 Å². The summed E-state index contributed by atoms with van der Waals surface area (Å²) in [5.74, 6) is 1.08. The topological polar surface area (TPSA) is 64.2 Å². The Labute approximate surface area is 135 Å². The number of amides is 1. The molecule has 0 aliphatic carbocycles. The fraction of sp³-hybridized carbons (Fsp3) is 0.353. The molecular formula is C17H21N5O. The zero-order valence-corrected chi connectivity index (χ0v) is 13.3. The normalized spacial score (nSPS) is 11.0. The number of hydrogen-bond donors (Lipinski definition) is 1. The van der Waals surface area contributed by atoms with E-state index in [2.05, 4.69) is 22.2 Å². The van der Waals surface area contributed by atoms with Crippen molar-refractivity contribution in [3.05, 3.63) is 54.5 Å². The predicted octanol–water partition coefficient (Wildman–Crippen LogP) is 1.84. The van der Waals surface area contributed by atoms with Crippen molar-refractivity contribution in [1.82, 2.24) is 24.3 Å². The zero-order valence-electron chi connectivity index (χ0n) is 13.3.